The molecule has 3 heterocycles. The third-order valence-electron chi connectivity index (χ3n) is 10.4. The van der Waals surface area contributed by atoms with Gasteiger partial charge in [-0.3, -0.25) is 14.4 Å². The van der Waals surface area contributed by atoms with Crippen LogP contribution in [0.1, 0.15) is 95.6 Å². The first-order valence-electron chi connectivity index (χ1n) is 16.3. The molecule has 0 aromatic heterocycles. The number of ether oxygens (including phenoxy) is 4. The predicted octanol–water partition coefficient (Wildman–Crippen LogP) is 6.26. The number of carbonyl (C=O) groups excluding carboxylic acids is 3. The highest BCUT2D eigenvalue weighted by Gasteiger charge is 2.81. The zero-order chi connectivity index (χ0) is 34.1. The monoisotopic (exact) mass is 644 g/mol. The number of aliphatic hydroxyl groups is 1. The molecule has 6 aliphatic rings. The molecule has 1 saturated carbocycles. The van der Waals surface area contributed by atoms with E-state index in [0.717, 1.165) is 12.0 Å². The number of allylic oxidation sites excluding steroid dienone is 5. The predicted molar refractivity (Wildman–Crippen MR) is 175 cm³/mol. The van der Waals surface area contributed by atoms with Crippen molar-refractivity contribution in [2.45, 2.75) is 103 Å². The molecule has 9 nitrogen and oxygen atoms in total. The van der Waals surface area contributed by atoms with Crippen LogP contribution in [-0.2, 0) is 25.5 Å². The molecule has 250 valence electrons. The summed E-state index contributed by atoms with van der Waals surface area (Å²) < 4.78 is 25.6. The Kier molecular flexibility index (Phi) is 7.95. The smallest absolute Gasteiger partial charge is 0.298 e. The van der Waals surface area contributed by atoms with Crippen molar-refractivity contribution in [2.24, 2.45) is 11.8 Å². The van der Waals surface area contributed by atoms with Crippen molar-refractivity contribution in [3.63, 3.8) is 0 Å². The number of hydrogen-bond donors (Lipinski definition) is 2. The van der Waals surface area contributed by atoms with E-state index < -0.39 is 46.6 Å². The normalized spacial score (nSPS) is 30.7. The number of benzene rings is 1. The molecule has 0 amide bonds. The van der Waals surface area contributed by atoms with Crippen LogP contribution in [0.2, 0.25) is 0 Å². The standard InChI is InChI=1S/C38H44O9/c1-21(2)9-8-14-36(7)15-13-25-30(41)29-31(42)27-17-23-18-28-35(5,6)47-37(34(23)43,16-12-24(19-39)44-20-40)38(27,28)46-33(29)26(32(25)45-36)11-10-22(3)4/h9-10,12-13,15,17,20,23,28,39,41H,8,11,14,16,18-19H2,1-7H3/t23-,28?,36-,37?,38-/m1/s1. The Hall–Kier alpha value is -3.95. The molecule has 5 atom stereocenters. The molecule has 47 heavy (non-hydrogen) atoms. The quantitative estimate of drug-likeness (QED) is 0.172. The maximum atomic E-state index is 14.8. The number of Topliss-reactive ketones (excluding diaryl/α,β-unsaturated/α-hetero) is 2. The first kappa shape index (κ1) is 33.0. The zero-order valence-corrected chi connectivity index (χ0v) is 28.2. The second-order valence-corrected chi connectivity index (χ2v) is 14.6. The summed E-state index contributed by atoms with van der Waals surface area (Å²) in [6.07, 6.45) is 13.2. The van der Waals surface area contributed by atoms with E-state index in [1.807, 2.05) is 52.8 Å². The van der Waals surface area contributed by atoms with Crippen molar-refractivity contribution in [3.05, 3.63) is 69.5 Å². The van der Waals surface area contributed by atoms with Crippen LogP contribution in [-0.4, -0.2) is 57.3 Å². The minimum absolute atomic E-state index is 0.0403. The van der Waals surface area contributed by atoms with E-state index in [1.54, 1.807) is 6.08 Å². The average molecular weight is 645 g/mol. The van der Waals surface area contributed by atoms with Gasteiger partial charge in [0, 0.05) is 29.4 Å². The van der Waals surface area contributed by atoms with Crippen molar-refractivity contribution in [2.75, 3.05) is 6.61 Å². The Bertz CT molecular complexity index is 1710. The fourth-order valence-electron chi connectivity index (χ4n) is 8.26. The van der Waals surface area contributed by atoms with Crippen LogP contribution < -0.4 is 9.47 Å². The Morgan fingerprint density at radius 1 is 1.04 bits per heavy atom. The Labute approximate surface area is 275 Å². The van der Waals surface area contributed by atoms with Gasteiger partial charge in [0.15, 0.2) is 22.8 Å². The third-order valence-corrected chi connectivity index (χ3v) is 10.4. The lowest BCUT2D eigenvalue weighted by Gasteiger charge is -2.56. The van der Waals surface area contributed by atoms with E-state index in [2.05, 4.69) is 19.9 Å². The molecule has 2 fully saturated rings. The highest BCUT2D eigenvalue weighted by Crippen LogP contribution is 2.68. The second kappa shape index (κ2) is 11.3. The molecule has 0 radical (unpaired) electrons. The van der Waals surface area contributed by atoms with Crippen LogP contribution in [0.5, 0.6) is 17.2 Å². The van der Waals surface area contributed by atoms with E-state index >= 15 is 0 Å². The van der Waals surface area contributed by atoms with Gasteiger partial charge in [0.2, 0.25) is 0 Å². The van der Waals surface area contributed by atoms with E-state index in [0.29, 0.717) is 36.1 Å². The summed E-state index contributed by atoms with van der Waals surface area (Å²) in [6.45, 7) is 13.5. The molecule has 2 N–H and O–H groups in total. The number of ketones is 2. The molecular weight excluding hydrogens is 600 g/mol. The molecule has 4 bridgehead atoms. The maximum Gasteiger partial charge on any atom is 0.298 e. The van der Waals surface area contributed by atoms with Gasteiger partial charge in [0.1, 0.15) is 40.8 Å². The average Bonchev–Trinajstić information content (AvgIpc) is 3.15. The van der Waals surface area contributed by atoms with Gasteiger partial charge >= 0.3 is 0 Å². The third kappa shape index (κ3) is 4.84. The minimum atomic E-state index is -1.66. The van der Waals surface area contributed by atoms with Crippen molar-refractivity contribution in [3.8, 4) is 17.2 Å². The van der Waals surface area contributed by atoms with Crippen molar-refractivity contribution in [1.82, 2.24) is 0 Å². The van der Waals surface area contributed by atoms with Gasteiger partial charge in [0.25, 0.3) is 6.47 Å². The van der Waals surface area contributed by atoms with Gasteiger partial charge in [-0.1, -0.05) is 29.4 Å². The van der Waals surface area contributed by atoms with Gasteiger partial charge in [-0.05, 0) is 92.4 Å². The molecule has 2 unspecified atom stereocenters. The van der Waals surface area contributed by atoms with Gasteiger partial charge in [-0.25, -0.2) is 0 Å². The first-order chi connectivity index (χ1) is 22.1. The van der Waals surface area contributed by atoms with Gasteiger partial charge in [-0.2, -0.15) is 0 Å². The number of fused-ring (bicyclic) bond motifs is 2. The van der Waals surface area contributed by atoms with E-state index in [4.69, 9.17) is 18.9 Å². The largest absolute Gasteiger partial charge is 0.506 e. The van der Waals surface area contributed by atoms with Crippen LogP contribution in [0.3, 0.4) is 0 Å². The van der Waals surface area contributed by atoms with Gasteiger partial charge < -0.3 is 29.2 Å². The highest BCUT2D eigenvalue weighted by atomic mass is 16.6. The topological polar surface area (TPSA) is 129 Å². The van der Waals surface area contributed by atoms with Crippen molar-refractivity contribution >= 4 is 24.1 Å². The van der Waals surface area contributed by atoms with Gasteiger partial charge in [0.05, 0.1) is 11.2 Å². The summed E-state index contributed by atoms with van der Waals surface area (Å²) in [5.74, 6) is -1.31. The van der Waals surface area contributed by atoms with E-state index in [-0.39, 0.29) is 47.1 Å². The van der Waals surface area contributed by atoms with Crippen LogP contribution in [0.4, 0.5) is 0 Å². The maximum absolute atomic E-state index is 14.8. The minimum Gasteiger partial charge on any atom is -0.506 e. The zero-order valence-electron chi connectivity index (χ0n) is 28.2. The fraction of sp³-hybridized carbons (Fsp3) is 0.500. The molecule has 1 spiro atoms. The SMILES string of the molecule is CC(C)=CCC[C@]1(C)C=Cc2c(O)c3c(c(CC=C(C)C)c2O1)O[C@]12C(=C[C@@H]4CC1C(C)(C)OC2(CC=C(CO)OC=O)C4=O)C3=O. The second-order valence-electron chi connectivity index (χ2n) is 14.6. The molecule has 1 aromatic rings. The molecular formula is C38H44O9. The van der Waals surface area contributed by atoms with Crippen molar-refractivity contribution in [1.29, 1.82) is 0 Å². The summed E-state index contributed by atoms with van der Waals surface area (Å²) in [4.78, 5) is 40.2. The van der Waals surface area contributed by atoms with E-state index in [9.17, 15) is 24.6 Å². The van der Waals surface area contributed by atoms with E-state index in [1.165, 1.54) is 11.6 Å². The Morgan fingerprint density at radius 3 is 2.43 bits per heavy atom. The number of rotatable bonds is 10. The number of hydrogen-bond acceptors (Lipinski definition) is 9. The Morgan fingerprint density at radius 2 is 1.77 bits per heavy atom. The molecule has 1 aromatic carbocycles. The van der Waals surface area contributed by atoms with Crippen LogP contribution in [0, 0.1) is 11.8 Å². The van der Waals surface area contributed by atoms with Crippen molar-refractivity contribution < 1.29 is 43.5 Å². The van der Waals surface area contributed by atoms with Gasteiger partial charge in [-0.15, -0.1) is 0 Å². The summed E-state index contributed by atoms with van der Waals surface area (Å²) in [6, 6.07) is 0. The number of phenols is 1. The lowest BCUT2D eigenvalue weighted by atomic mass is 9.51. The lowest BCUT2D eigenvalue weighted by Crippen LogP contribution is -2.72. The fourth-order valence-corrected chi connectivity index (χ4v) is 8.26. The summed E-state index contributed by atoms with van der Waals surface area (Å²) in [7, 11) is 0. The lowest BCUT2D eigenvalue weighted by molar-refractivity contribution is -0.171. The molecule has 9 heteroatoms. The highest BCUT2D eigenvalue weighted by molar-refractivity contribution is 6.19. The van der Waals surface area contributed by atoms with Crippen LogP contribution >= 0.6 is 0 Å². The first-order valence-corrected chi connectivity index (χ1v) is 16.3. The summed E-state index contributed by atoms with van der Waals surface area (Å²) in [5, 5.41) is 21.6. The number of aromatic hydroxyl groups is 1. The molecule has 3 aliphatic heterocycles. The van der Waals surface area contributed by atoms with Crippen LogP contribution in [0.15, 0.2) is 52.9 Å². The summed E-state index contributed by atoms with van der Waals surface area (Å²) in [5.41, 5.74) is -1.16. The molecule has 7 rings (SSSR count). The molecule has 3 aliphatic carbocycles. The molecule has 1 saturated heterocycles. The summed E-state index contributed by atoms with van der Waals surface area (Å²) >= 11 is 0. The number of phenolic OH excluding ortho intramolecular Hbond substituents is 1. The van der Waals surface area contributed by atoms with Crippen LogP contribution in [0.25, 0.3) is 6.08 Å². The Balaban J connectivity index is 1.58. The number of carbonyl (C=O) groups is 3. The number of aliphatic hydroxyl groups excluding tert-OH is 1.